The lowest BCUT2D eigenvalue weighted by molar-refractivity contribution is -0.121. The van der Waals surface area contributed by atoms with Crippen molar-refractivity contribution in [3.63, 3.8) is 0 Å². The third kappa shape index (κ3) is 4.18. The van der Waals surface area contributed by atoms with Gasteiger partial charge in [0.25, 0.3) is 0 Å². The van der Waals surface area contributed by atoms with E-state index in [4.69, 9.17) is 0 Å². The number of pyridine rings is 2. The minimum atomic E-state index is -0.177. The molecular weight excluding hydrogens is 350 g/mol. The van der Waals surface area contributed by atoms with Crippen molar-refractivity contribution in [3.8, 4) is 0 Å². The molecule has 0 aliphatic carbocycles. The maximum absolute atomic E-state index is 12.8. The molecule has 28 heavy (non-hydrogen) atoms. The predicted octanol–water partition coefficient (Wildman–Crippen LogP) is 2.77. The first-order valence-electron chi connectivity index (χ1n) is 9.71. The average Bonchev–Trinajstić information content (AvgIpc) is 2.75. The number of hydrogen-bond acceptors (Lipinski definition) is 5. The van der Waals surface area contributed by atoms with Crippen LogP contribution in [0.3, 0.4) is 0 Å². The zero-order valence-electron chi connectivity index (χ0n) is 16.1. The smallest absolute Gasteiger partial charge is 0.241 e. The molecule has 1 fully saturated rings. The lowest BCUT2D eigenvalue weighted by Gasteiger charge is -2.37. The lowest BCUT2D eigenvalue weighted by atomic mass is 10.1. The van der Waals surface area contributed by atoms with Gasteiger partial charge in [-0.25, -0.2) is 0 Å². The van der Waals surface area contributed by atoms with Gasteiger partial charge in [-0.1, -0.05) is 12.1 Å². The third-order valence-corrected chi connectivity index (χ3v) is 5.35. The van der Waals surface area contributed by atoms with Gasteiger partial charge in [-0.15, -0.1) is 0 Å². The maximum atomic E-state index is 12.8. The van der Waals surface area contributed by atoms with Crippen LogP contribution >= 0.6 is 0 Å². The monoisotopic (exact) mass is 375 g/mol. The number of amides is 1. The van der Waals surface area contributed by atoms with Crippen molar-refractivity contribution in [1.82, 2.24) is 19.8 Å². The van der Waals surface area contributed by atoms with Gasteiger partial charge < -0.3 is 5.32 Å². The fourth-order valence-corrected chi connectivity index (χ4v) is 3.64. The Hall–Kier alpha value is -2.83. The van der Waals surface area contributed by atoms with E-state index in [1.165, 1.54) is 0 Å². The molecule has 0 saturated carbocycles. The van der Waals surface area contributed by atoms with Crippen LogP contribution in [0, 0.1) is 0 Å². The molecule has 0 bridgehead atoms. The number of aromatic nitrogens is 2. The topological polar surface area (TPSA) is 61.4 Å². The van der Waals surface area contributed by atoms with Gasteiger partial charge in [0.15, 0.2) is 0 Å². The molecule has 6 heteroatoms. The van der Waals surface area contributed by atoms with E-state index in [0.29, 0.717) is 0 Å². The van der Waals surface area contributed by atoms with Crippen molar-refractivity contribution >= 4 is 22.5 Å². The number of piperazine rings is 1. The van der Waals surface area contributed by atoms with Crippen molar-refractivity contribution in [3.05, 3.63) is 66.6 Å². The molecule has 1 aromatic carbocycles. The highest BCUT2D eigenvalue weighted by Gasteiger charge is 2.26. The number of hydrogen-bond donors (Lipinski definition) is 1. The number of fused-ring (bicyclic) bond motifs is 1. The van der Waals surface area contributed by atoms with Crippen molar-refractivity contribution < 1.29 is 4.79 Å². The summed E-state index contributed by atoms with van der Waals surface area (Å²) in [6, 6.07) is 15.5. The predicted molar refractivity (Wildman–Crippen MR) is 111 cm³/mol. The summed E-state index contributed by atoms with van der Waals surface area (Å²) < 4.78 is 0. The van der Waals surface area contributed by atoms with Crippen LogP contribution in [0.4, 0.5) is 5.69 Å². The quantitative estimate of drug-likeness (QED) is 0.743. The van der Waals surface area contributed by atoms with Crippen molar-refractivity contribution in [2.45, 2.75) is 19.5 Å². The Labute approximate surface area is 165 Å². The lowest BCUT2D eigenvalue weighted by Crippen LogP contribution is -2.52. The summed E-state index contributed by atoms with van der Waals surface area (Å²) in [6.07, 6.45) is 3.60. The van der Waals surface area contributed by atoms with Crippen LogP contribution in [-0.4, -0.2) is 57.9 Å². The molecule has 0 spiro atoms. The fourth-order valence-electron chi connectivity index (χ4n) is 3.64. The molecule has 1 N–H and O–H groups in total. The van der Waals surface area contributed by atoms with Gasteiger partial charge in [0.05, 0.1) is 22.9 Å². The van der Waals surface area contributed by atoms with Crippen molar-refractivity contribution in [2.75, 3.05) is 31.5 Å². The summed E-state index contributed by atoms with van der Waals surface area (Å²) in [5, 5.41) is 4.05. The zero-order chi connectivity index (χ0) is 19.3. The van der Waals surface area contributed by atoms with E-state index in [0.717, 1.165) is 55.0 Å². The van der Waals surface area contributed by atoms with Gasteiger partial charge in [0.2, 0.25) is 5.91 Å². The molecule has 1 aliphatic rings. The molecule has 6 nitrogen and oxygen atoms in total. The zero-order valence-corrected chi connectivity index (χ0v) is 16.1. The molecule has 3 aromatic rings. The molecule has 0 radical (unpaired) electrons. The molecule has 2 aromatic heterocycles. The first-order chi connectivity index (χ1) is 13.7. The van der Waals surface area contributed by atoms with E-state index in [2.05, 4.69) is 31.2 Å². The minimum absolute atomic E-state index is 0.0227. The number of benzene rings is 1. The van der Waals surface area contributed by atoms with Crippen LogP contribution in [0.15, 0.2) is 60.9 Å². The van der Waals surface area contributed by atoms with E-state index >= 15 is 0 Å². The molecule has 1 aliphatic heterocycles. The average molecular weight is 375 g/mol. The first kappa shape index (κ1) is 18.5. The highest BCUT2D eigenvalue weighted by atomic mass is 16.2. The van der Waals surface area contributed by atoms with Crippen LogP contribution in [0.25, 0.3) is 10.9 Å². The highest BCUT2D eigenvalue weighted by molar-refractivity contribution is 6.02. The maximum Gasteiger partial charge on any atom is 0.241 e. The molecule has 3 heterocycles. The summed E-state index contributed by atoms with van der Waals surface area (Å²) in [5.74, 6) is 0.0227. The van der Waals surface area contributed by atoms with Gasteiger partial charge in [-0.3, -0.25) is 24.6 Å². The molecule has 1 saturated heterocycles. The summed E-state index contributed by atoms with van der Waals surface area (Å²) in [4.78, 5) is 26.2. The van der Waals surface area contributed by atoms with Crippen molar-refractivity contribution in [1.29, 1.82) is 0 Å². The van der Waals surface area contributed by atoms with Crippen LogP contribution in [0.1, 0.15) is 12.6 Å². The van der Waals surface area contributed by atoms with Gasteiger partial charge in [-0.05, 0) is 43.3 Å². The van der Waals surface area contributed by atoms with Gasteiger partial charge in [0.1, 0.15) is 0 Å². The summed E-state index contributed by atoms with van der Waals surface area (Å²) in [6.45, 7) is 6.46. The SMILES string of the molecule is CC(C(=O)Nc1cccc2ncccc12)N1CCN(Cc2ccccn2)CC1. The molecular formula is C22H25N5O. The number of nitrogens with zero attached hydrogens (tertiary/aromatic N) is 4. The Balaban J connectivity index is 1.34. The first-order valence-corrected chi connectivity index (χ1v) is 9.71. The fraction of sp³-hybridized carbons (Fsp3) is 0.318. The van der Waals surface area contributed by atoms with E-state index in [1.807, 2.05) is 55.6 Å². The van der Waals surface area contributed by atoms with E-state index < -0.39 is 0 Å². The number of nitrogens with one attached hydrogen (secondary N) is 1. The molecule has 1 unspecified atom stereocenters. The molecule has 1 atom stereocenters. The third-order valence-electron chi connectivity index (χ3n) is 5.35. The van der Waals surface area contributed by atoms with Crippen LogP contribution in [0.5, 0.6) is 0 Å². The number of carbonyl (C=O) groups is 1. The minimum Gasteiger partial charge on any atom is -0.324 e. The van der Waals surface area contributed by atoms with Crippen LogP contribution < -0.4 is 5.32 Å². The molecule has 1 amide bonds. The highest BCUT2D eigenvalue weighted by Crippen LogP contribution is 2.22. The van der Waals surface area contributed by atoms with E-state index in [9.17, 15) is 4.79 Å². The summed E-state index contributed by atoms with van der Waals surface area (Å²) in [5.41, 5.74) is 2.79. The van der Waals surface area contributed by atoms with E-state index in [1.54, 1.807) is 6.20 Å². The van der Waals surface area contributed by atoms with E-state index in [-0.39, 0.29) is 11.9 Å². The molecule has 4 rings (SSSR count). The second-order valence-electron chi connectivity index (χ2n) is 7.17. The Bertz CT molecular complexity index is 933. The summed E-state index contributed by atoms with van der Waals surface area (Å²) >= 11 is 0. The van der Waals surface area contributed by atoms with Crippen LogP contribution in [0.2, 0.25) is 0 Å². The van der Waals surface area contributed by atoms with Crippen LogP contribution in [-0.2, 0) is 11.3 Å². The van der Waals surface area contributed by atoms with Crippen molar-refractivity contribution in [2.24, 2.45) is 0 Å². The van der Waals surface area contributed by atoms with Gasteiger partial charge >= 0.3 is 0 Å². The Morgan fingerprint density at radius 3 is 2.61 bits per heavy atom. The van der Waals surface area contributed by atoms with Gasteiger partial charge in [0, 0.05) is 50.5 Å². The number of anilines is 1. The van der Waals surface area contributed by atoms with Gasteiger partial charge in [-0.2, -0.15) is 0 Å². The number of rotatable bonds is 5. The normalized spacial score (nSPS) is 16.8. The second kappa shape index (κ2) is 8.46. The number of carbonyl (C=O) groups excluding carboxylic acids is 1. The standard InChI is InChI=1S/C22H25N5O/c1-17(22(28)25-21-9-4-8-20-19(21)7-5-11-24-20)27-14-12-26(13-15-27)16-18-6-2-3-10-23-18/h2-11,17H,12-16H2,1H3,(H,25,28). The largest absolute Gasteiger partial charge is 0.324 e. The molecule has 144 valence electrons. The summed E-state index contributed by atoms with van der Waals surface area (Å²) in [7, 11) is 0. The Kier molecular flexibility index (Phi) is 5.60. The Morgan fingerprint density at radius 2 is 1.82 bits per heavy atom. The Morgan fingerprint density at radius 1 is 1.00 bits per heavy atom. The second-order valence-corrected chi connectivity index (χ2v) is 7.17.